The summed E-state index contributed by atoms with van der Waals surface area (Å²) in [6.07, 6.45) is -4.84. The molecule has 8 nitrogen and oxygen atoms in total. The van der Waals surface area contributed by atoms with E-state index in [2.05, 4.69) is 4.37 Å². The third-order valence-corrected chi connectivity index (χ3v) is 5.09. The van der Waals surface area contributed by atoms with Crippen LogP contribution in [-0.2, 0) is 24.6 Å². The molecule has 154 valence electrons. The Labute approximate surface area is 165 Å². The van der Waals surface area contributed by atoms with Crippen molar-refractivity contribution in [2.24, 2.45) is 7.05 Å². The van der Waals surface area contributed by atoms with Gasteiger partial charge in [0.15, 0.2) is 0 Å². The van der Waals surface area contributed by atoms with Gasteiger partial charge in [0.25, 0.3) is 5.56 Å². The van der Waals surface area contributed by atoms with E-state index in [4.69, 9.17) is 5.11 Å². The van der Waals surface area contributed by atoms with Gasteiger partial charge >= 0.3 is 17.8 Å². The van der Waals surface area contributed by atoms with Crippen LogP contribution in [0.4, 0.5) is 13.2 Å². The van der Waals surface area contributed by atoms with Crippen molar-refractivity contribution in [3.05, 3.63) is 56.5 Å². The Kier molecular flexibility index (Phi) is 5.32. The highest BCUT2D eigenvalue weighted by Gasteiger charge is 2.35. The number of nitrogens with zero attached hydrogens (tertiary/aromatic N) is 4. The molecule has 0 bridgehead atoms. The molecule has 0 saturated heterocycles. The van der Waals surface area contributed by atoms with Gasteiger partial charge in [-0.25, -0.2) is 9.36 Å². The number of carboxylic acids is 1. The normalized spacial score (nSPS) is 12.1. The highest BCUT2D eigenvalue weighted by molar-refractivity contribution is 7.13. The zero-order valence-electron chi connectivity index (χ0n) is 15.2. The third kappa shape index (κ3) is 4.07. The number of aromatic nitrogens is 3. The molecular formula is C17H15F3N4O4S. The fourth-order valence-electron chi connectivity index (χ4n) is 2.91. The summed E-state index contributed by atoms with van der Waals surface area (Å²) in [5.74, 6) is -1.01. The highest BCUT2D eigenvalue weighted by atomic mass is 32.1. The summed E-state index contributed by atoms with van der Waals surface area (Å²) in [5.41, 5.74) is -2.94. The maximum absolute atomic E-state index is 13.0. The summed E-state index contributed by atoms with van der Waals surface area (Å²) in [6.45, 7) is -0.00666. The van der Waals surface area contributed by atoms with Gasteiger partial charge in [0.2, 0.25) is 0 Å². The van der Waals surface area contributed by atoms with Gasteiger partial charge in [-0.15, -0.1) is 0 Å². The van der Waals surface area contributed by atoms with E-state index in [0.29, 0.717) is 26.3 Å². The number of hydrogen-bond acceptors (Lipinski definition) is 6. The maximum Gasteiger partial charge on any atom is 0.431 e. The number of alkyl halides is 3. The number of fused-ring (bicyclic) bond motifs is 1. The molecule has 0 radical (unpaired) electrons. The summed E-state index contributed by atoms with van der Waals surface area (Å²) in [4.78, 5) is 37.1. The van der Waals surface area contributed by atoms with Gasteiger partial charge in [0.05, 0.1) is 22.6 Å². The van der Waals surface area contributed by atoms with Crippen LogP contribution in [0.25, 0.3) is 15.8 Å². The number of halogens is 3. The molecule has 3 aromatic rings. The SMILES string of the molecule is CN(CC(=O)O)Cc1nsc2ccc(-n3c(=O)cc(C(F)(F)F)n(C)c3=O)cc12. The zero-order chi connectivity index (χ0) is 21.5. The molecule has 0 atom stereocenters. The van der Waals surface area contributed by atoms with E-state index >= 15 is 0 Å². The Morgan fingerprint density at radius 2 is 1.97 bits per heavy atom. The minimum Gasteiger partial charge on any atom is -0.480 e. The molecule has 0 aliphatic heterocycles. The van der Waals surface area contributed by atoms with Gasteiger partial charge in [-0.3, -0.25) is 19.1 Å². The molecule has 2 aromatic heterocycles. The molecule has 12 heteroatoms. The number of carboxylic acid groups (broad SMARTS) is 1. The molecular weight excluding hydrogens is 413 g/mol. The second-order valence-corrected chi connectivity index (χ2v) is 7.22. The number of likely N-dealkylation sites (N-methyl/N-ethyl adjacent to an activating group) is 1. The standard InChI is InChI=1S/C17H15F3N4O4S/c1-22(8-15(26)27)7-11-10-5-9(3-4-12(10)29-21-11)24-14(25)6-13(17(18,19)20)23(2)16(24)28/h3-6H,7-8H2,1-2H3,(H,26,27). The van der Waals surface area contributed by atoms with Gasteiger partial charge in [-0.1, -0.05) is 0 Å². The number of carbonyl (C=O) groups is 1. The van der Waals surface area contributed by atoms with E-state index in [-0.39, 0.29) is 18.8 Å². The van der Waals surface area contributed by atoms with Gasteiger partial charge in [-0.05, 0) is 36.8 Å². The summed E-state index contributed by atoms with van der Waals surface area (Å²) in [7, 11) is 2.54. The quantitative estimate of drug-likeness (QED) is 0.664. The third-order valence-electron chi connectivity index (χ3n) is 4.22. The van der Waals surface area contributed by atoms with Crippen LogP contribution in [-0.4, -0.2) is 43.1 Å². The lowest BCUT2D eigenvalue weighted by Gasteiger charge is -2.14. The van der Waals surface area contributed by atoms with E-state index in [1.54, 1.807) is 13.1 Å². The van der Waals surface area contributed by atoms with E-state index in [1.165, 1.54) is 17.0 Å². The lowest BCUT2D eigenvalue weighted by atomic mass is 10.2. The summed E-state index contributed by atoms with van der Waals surface area (Å²) < 4.78 is 45.1. The van der Waals surface area contributed by atoms with Crippen molar-refractivity contribution in [2.75, 3.05) is 13.6 Å². The minimum atomic E-state index is -4.84. The first kappa shape index (κ1) is 20.7. The summed E-state index contributed by atoms with van der Waals surface area (Å²) >= 11 is 1.15. The molecule has 0 aliphatic carbocycles. The second kappa shape index (κ2) is 7.44. The minimum absolute atomic E-state index is 0.0964. The molecule has 0 spiro atoms. The molecule has 1 aromatic carbocycles. The Morgan fingerprint density at radius 1 is 1.28 bits per heavy atom. The summed E-state index contributed by atoms with van der Waals surface area (Å²) in [5, 5.41) is 9.45. The molecule has 1 N–H and O–H groups in total. The largest absolute Gasteiger partial charge is 0.480 e. The maximum atomic E-state index is 13.0. The highest BCUT2D eigenvalue weighted by Crippen LogP contribution is 2.28. The van der Waals surface area contributed by atoms with Crippen molar-refractivity contribution in [2.45, 2.75) is 12.7 Å². The fraction of sp³-hybridized carbons (Fsp3) is 0.294. The van der Waals surface area contributed by atoms with Crippen molar-refractivity contribution < 1.29 is 23.1 Å². The van der Waals surface area contributed by atoms with Crippen LogP contribution in [0, 0.1) is 0 Å². The molecule has 0 fully saturated rings. The number of aliphatic carboxylic acids is 1. The van der Waals surface area contributed by atoms with E-state index in [0.717, 1.165) is 23.3 Å². The van der Waals surface area contributed by atoms with E-state index in [1.807, 2.05) is 0 Å². The van der Waals surface area contributed by atoms with Crippen molar-refractivity contribution in [1.82, 2.24) is 18.4 Å². The van der Waals surface area contributed by atoms with Crippen LogP contribution < -0.4 is 11.2 Å². The van der Waals surface area contributed by atoms with Gasteiger partial charge in [-0.2, -0.15) is 17.5 Å². The van der Waals surface area contributed by atoms with E-state index < -0.39 is 29.1 Å². The molecule has 0 amide bonds. The molecule has 0 saturated carbocycles. The first-order valence-corrected chi connectivity index (χ1v) is 8.95. The average molecular weight is 428 g/mol. The van der Waals surface area contributed by atoms with E-state index in [9.17, 15) is 27.6 Å². The van der Waals surface area contributed by atoms with Crippen molar-refractivity contribution in [1.29, 1.82) is 0 Å². The number of hydrogen-bond donors (Lipinski definition) is 1. The van der Waals surface area contributed by atoms with Crippen LogP contribution >= 0.6 is 11.5 Å². The van der Waals surface area contributed by atoms with Crippen LogP contribution in [0.2, 0.25) is 0 Å². The van der Waals surface area contributed by atoms with Gasteiger partial charge in [0, 0.05) is 25.0 Å². The Balaban J connectivity index is 2.11. The molecule has 0 unspecified atom stereocenters. The lowest BCUT2D eigenvalue weighted by molar-refractivity contribution is -0.144. The van der Waals surface area contributed by atoms with Crippen molar-refractivity contribution in [3.63, 3.8) is 0 Å². The number of benzene rings is 1. The molecule has 29 heavy (non-hydrogen) atoms. The average Bonchev–Trinajstić information content (AvgIpc) is 2.99. The van der Waals surface area contributed by atoms with Crippen molar-refractivity contribution >= 4 is 27.6 Å². The van der Waals surface area contributed by atoms with Crippen LogP contribution in [0.5, 0.6) is 0 Å². The predicted molar refractivity (Wildman–Crippen MR) is 99.4 cm³/mol. The Bertz CT molecular complexity index is 1210. The first-order chi connectivity index (χ1) is 13.5. The molecule has 0 aliphatic rings. The summed E-state index contributed by atoms with van der Waals surface area (Å²) in [6, 6.07) is 4.91. The molecule has 2 heterocycles. The Hall–Kier alpha value is -2.99. The lowest BCUT2D eigenvalue weighted by Crippen LogP contribution is -2.40. The van der Waals surface area contributed by atoms with Crippen LogP contribution in [0.15, 0.2) is 33.9 Å². The van der Waals surface area contributed by atoms with Crippen molar-refractivity contribution in [3.8, 4) is 5.69 Å². The molecule has 3 rings (SSSR count). The number of rotatable bonds is 5. The van der Waals surface area contributed by atoms with Crippen LogP contribution in [0.1, 0.15) is 11.4 Å². The smallest absolute Gasteiger partial charge is 0.431 e. The first-order valence-electron chi connectivity index (χ1n) is 8.18. The Morgan fingerprint density at radius 3 is 2.59 bits per heavy atom. The van der Waals surface area contributed by atoms with Crippen LogP contribution in [0.3, 0.4) is 0 Å². The zero-order valence-corrected chi connectivity index (χ0v) is 16.0. The monoisotopic (exact) mass is 428 g/mol. The van der Waals surface area contributed by atoms with Gasteiger partial charge in [0.1, 0.15) is 5.69 Å². The topological polar surface area (TPSA) is 97.4 Å². The predicted octanol–water partition coefficient (Wildman–Crippen LogP) is 1.68. The van der Waals surface area contributed by atoms with Gasteiger partial charge < -0.3 is 5.11 Å². The second-order valence-electron chi connectivity index (χ2n) is 6.42. The fourth-order valence-corrected chi connectivity index (χ4v) is 3.68.